The zero-order valence-corrected chi connectivity index (χ0v) is 23.3. The SMILES string of the molecule is COCC(=O)N1CCC[C@@H](NCc2sc3nccc4c3c2NC(=O)N4c2ccc(Oc3ccccc3)cc2C)C1. The van der Waals surface area contributed by atoms with Crippen LogP contribution < -0.4 is 20.3 Å². The number of rotatable bonds is 8. The maximum atomic E-state index is 13.6. The van der Waals surface area contributed by atoms with Crippen LogP contribution in [0.4, 0.5) is 21.9 Å². The molecule has 9 nitrogen and oxygen atoms in total. The first-order chi connectivity index (χ1) is 19.5. The number of urea groups is 1. The van der Waals surface area contributed by atoms with Gasteiger partial charge in [-0.2, -0.15) is 0 Å². The average Bonchev–Trinajstić information content (AvgIpc) is 3.32. The summed E-state index contributed by atoms with van der Waals surface area (Å²) in [5.74, 6) is 1.48. The lowest BCUT2D eigenvalue weighted by atomic mass is 10.1. The number of likely N-dealkylation sites (tertiary alicyclic amines) is 1. The summed E-state index contributed by atoms with van der Waals surface area (Å²) in [7, 11) is 1.54. The zero-order chi connectivity index (χ0) is 27.6. The molecule has 4 aromatic rings. The quantitative estimate of drug-likeness (QED) is 0.284. The fraction of sp³-hybridized carbons (Fsp3) is 0.300. The standard InChI is InChI=1S/C30H31N5O4S/c1-19-15-22(39-21-8-4-3-5-9-21)10-11-23(19)35-24-12-13-31-29-27(24)28(33-30(35)37)25(40-29)16-32-20-7-6-14-34(17-20)26(36)18-38-2/h3-5,8-13,15,20,32H,6-7,14,16-18H2,1-2H3,(H,33,37)/t20-/m1/s1. The van der Waals surface area contributed by atoms with Crippen molar-refractivity contribution in [3.05, 3.63) is 71.2 Å². The van der Waals surface area contributed by atoms with E-state index in [1.54, 1.807) is 29.5 Å². The Morgan fingerprint density at radius 2 is 2.00 bits per heavy atom. The van der Waals surface area contributed by atoms with Crippen LogP contribution in [0, 0.1) is 6.92 Å². The Morgan fingerprint density at radius 1 is 1.15 bits per heavy atom. The molecule has 1 fully saturated rings. The highest BCUT2D eigenvalue weighted by molar-refractivity contribution is 7.19. The maximum absolute atomic E-state index is 13.6. The van der Waals surface area contributed by atoms with Crippen LogP contribution in [-0.2, 0) is 16.1 Å². The molecule has 6 rings (SSSR count). The zero-order valence-electron chi connectivity index (χ0n) is 22.5. The Kier molecular flexibility index (Phi) is 7.38. The molecule has 2 aliphatic heterocycles. The van der Waals surface area contributed by atoms with Gasteiger partial charge in [-0.05, 0) is 61.7 Å². The summed E-state index contributed by atoms with van der Waals surface area (Å²) in [6.45, 7) is 4.06. The highest BCUT2D eigenvalue weighted by atomic mass is 32.1. The van der Waals surface area contributed by atoms with Gasteiger partial charge in [-0.3, -0.25) is 9.69 Å². The molecular formula is C30H31N5O4S. The second-order valence-electron chi connectivity index (χ2n) is 10.0. The molecule has 206 valence electrons. The summed E-state index contributed by atoms with van der Waals surface area (Å²) in [4.78, 5) is 35.9. The minimum atomic E-state index is -0.214. The van der Waals surface area contributed by atoms with E-state index in [0.717, 1.165) is 62.9 Å². The Morgan fingerprint density at radius 3 is 2.80 bits per heavy atom. The summed E-state index contributed by atoms with van der Waals surface area (Å²) >= 11 is 1.58. The number of carbonyl (C=O) groups is 2. The van der Waals surface area contributed by atoms with Gasteiger partial charge >= 0.3 is 6.03 Å². The maximum Gasteiger partial charge on any atom is 0.331 e. The molecule has 2 aromatic carbocycles. The number of hydrogen-bond acceptors (Lipinski definition) is 7. The third-order valence-corrected chi connectivity index (χ3v) is 8.40. The summed E-state index contributed by atoms with van der Waals surface area (Å²) in [6.07, 6.45) is 3.69. The molecule has 0 radical (unpaired) electrons. The lowest BCUT2D eigenvalue weighted by molar-refractivity contribution is -0.136. The van der Waals surface area contributed by atoms with Gasteiger partial charge in [-0.25, -0.2) is 9.78 Å². The number of methoxy groups -OCH3 is 1. The number of aromatic nitrogens is 1. The summed E-state index contributed by atoms with van der Waals surface area (Å²) < 4.78 is 11.0. The van der Waals surface area contributed by atoms with Gasteiger partial charge in [-0.15, -0.1) is 11.3 Å². The van der Waals surface area contributed by atoms with Gasteiger partial charge in [0.25, 0.3) is 0 Å². The number of piperidine rings is 1. The number of anilines is 3. The van der Waals surface area contributed by atoms with Crippen molar-refractivity contribution >= 4 is 50.6 Å². The molecule has 40 heavy (non-hydrogen) atoms. The van der Waals surface area contributed by atoms with Crippen LogP contribution >= 0.6 is 11.3 Å². The third kappa shape index (κ3) is 5.13. The van der Waals surface area contributed by atoms with E-state index < -0.39 is 0 Å². The highest BCUT2D eigenvalue weighted by Gasteiger charge is 2.32. The van der Waals surface area contributed by atoms with Crippen molar-refractivity contribution in [2.24, 2.45) is 0 Å². The highest BCUT2D eigenvalue weighted by Crippen LogP contribution is 2.46. The largest absolute Gasteiger partial charge is 0.457 e. The topological polar surface area (TPSA) is 96.0 Å². The molecule has 0 aliphatic carbocycles. The number of para-hydroxylation sites is 1. The molecule has 2 aliphatic rings. The van der Waals surface area contributed by atoms with E-state index in [0.29, 0.717) is 18.8 Å². The number of nitrogens with one attached hydrogen (secondary N) is 2. The molecule has 2 N–H and O–H groups in total. The number of carbonyl (C=O) groups excluding carboxylic acids is 2. The second-order valence-corrected chi connectivity index (χ2v) is 11.1. The van der Waals surface area contributed by atoms with E-state index in [4.69, 9.17) is 9.47 Å². The number of nitrogens with zero attached hydrogens (tertiary/aromatic N) is 3. The van der Waals surface area contributed by atoms with E-state index in [9.17, 15) is 9.59 Å². The fourth-order valence-corrected chi connectivity index (χ4v) is 6.46. The molecule has 2 aromatic heterocycles. The molecule has 0 saturated carbocycles. The molecule has 3 amide bonds. The van der Waals surface area contributed by atoms with Crippen molar-refractivity contribution < 1.29 is 19.1 Å². The summed E-state index contributed by atoms with van der Waals surface area (Å²) in [6, 6.07) is 17.2. The van der Waals surface area contributed by atoms with E-state index in [2.05, 4.69) is 15.6 Å². The lowest BCUT2D eigenvalue weighted by Gasteiger charge is -2.33. The van der Waals surface area contributed by atoms with Gasteiger partial charge < -0.3 is 25.0 Å². The molecule has 0 unspecified atom stereocenters. The first-order valence-electron chi connectivity index (χ1n) is 13.4. The van der Waals surface area contributed by atoms with Crippen LogP contribution in [0.5, 0.6) is 11.5 Å². The predicted molar refractivity (Wildman–Crippen MR) is 157 cm³/mol. The van der Waals surface area contributed by atoms with Crippen molar-refractivity contribution in [2.45, 2.75) is 32.4 Å². The molecule has 10 heteroatoms. The van der Waals surface area contributed by atoms with Crippen molar-refractivity contribution in [3.8, 4) is 11.5 Å². The minimum Gasteiger partial charge on any atom is -0.457 e. The molecule has 0 bridgehead atoms. The van der Waals surface area contributed by atoms with Crippen LogP contribution in [0.25, 0.3) is 10.2 Å². The van der Waals surface area contributed by atoms with Gasteiger partial charge in [0.05, 0.1) is 22.4 Å². The van der Waals surface area contributed by atoms with Crippen LogP contribution in [0.3, 0.4) is 0 Å². The first kappa shape index (κ1) is 26.2. The predicted octanol–water partition coefficient (Wildman–Crippen LogP) is 5.81. The van der Waals surface area contributed by atoms with Gasteiger partial charge in [0, 0.05) is 43.9 Å². The van der Waals surface area contributed by atoms with Gasteiger partial charge in [0.15, 0.2) is 0 Å². The number of benzene rings is 2. The van der Waals surface area contributed by atoms with Crippen LogP contribution in [0.15, 0.2) is 60.8 Å². The fourth-order valence-electron chi connectivity index (χ4n) is 5.40. The van der Waals surface area contributed by atoms with E-state index in [1.165, 1.54) is 0 Å². The molecule has 4 heterocycles. The molecule has 0 spiro atoms. The Hall–Kier alpha value is -3.99. The number of ether oxygens (including phenoxy) is 2. The Labute approximate surface area is 236 Å². The smallest absolute Gasteiger partial charge is 0.331 e. The number of aryl methyl sites for hydroxylation is 1. The number of hydrogen-bond donors (Lipinski definition) is 2. The van der Waals surface area contributed by atoms with Crippen LogP contribution in [0.2, 0.25) is 0 Å². The van der Waals surface area contributed by atoms with E-state index in [-0.39, 0.29) is 24.6 Å². The van der Waals surface area contributed by atoms with Gasteiger partial charge in [0.2, 0.25) is 5.91 Å². The van der Waals surface area contributed by atoms with Gasteiger partial charge in [0.1, 0.15) is 22.9 Å². The number of thiophene rings is 1. The van der Waals surface area contributed by atoms with Crippen molar-refractivity contribution in [3.63, 3.8) is 0 Å². The van der Waals surface area contributed by atoms with Crippen molar-refractivity contribution in [1.82, 2.24) is 15.2 Å². The molecule has 1 atom stereocenters. The monoisotopic (exact) mass is 557 g/mol. The van der Waals surface area contributed by atoms with E-state index in [1.807, 2.05) is 66.4 Å². The van der Waals surface area contributed by atoms with E-state index >= 15 is 0 Å². The second kappa shape index (κ2) is 11.2. The molecule has 1 saturated heterocycles. The Balaban J connectivity index is 1.24. The average molecular weight is 558 g/mol. The number of pyridine rings is 1. The summed E-state index contributed by atoms with van der Waals surface area (Å²) in [5, 5.41) is 7.68. The van der Waals surface area contributed by atoms with Crippen LogP contribution in [-0.4, -0.2) is 54.7 Å². The van der Waals surface area contributed by atoms with Crippen molar-refractivity contribution in [1.29, 1.82) is 0 Å². The Bertz CT molecular complexity index is 1560. The van der Waals surface area contributed by atoms with Crippen molar-refractivity contribution in [2.75, 3.05) is 37.0 Å². The summed E-state index contributed by atoms with van der Waals surface area (Å²) in [5.41, 5.74) is 3.31. The minimum absolute atomic E-state index is 0.0158. The lowest BCUT2D eigenvalue weighted by Crippen LogP contribution is -2.48. The first-order valence-corrected chi connectivity index (χ1v) is 14.2. The number of amides is 3. The van der Waals surface area contributed by atoms with Gasteiger partial charge in [-0.1, -0.05) is 18.2 Å². The normalized spacial score (nSPS) is 16.8. The third-order valence-electron chi connectivity index (χ3n) is 7.30. The van der Waals surface area contributed by atoms with Crippen LogP contribution in [0.1, 0.15) is 23.3 Å². The molecular weight excluding hydrogens is 526 g/mol.